The summed E-state index contributed by atoms with van der Waals surface area (Å²) in [5.74, 6) is -4.02. The molecule has 14 heteroatoms. The largest absolute Gasteiger partial charge is 0.480 e. The van der Waals surface area contributed by atoms with Crippen LogP contribution in [0.2, 0.25) is 0 Å². The molecular formula is C16H31N7O7. The summed E-state index contributed by atoms with van der Waals surface area (Å²) in [4.78, 5) is 51.5. The van der Waals surface area contributed by atoms with Crippen LogP contribution in [0.1, 0.15) is 26.7 Å². The fourth-order valence-corrected chi connectivity index (χ4v) is 2.16. The van der Waals surface area contributed by atoms with Gasteiger partial charge in [-0.05, 0) is 26.7 Å². The Morgan fingerprint density at radius 1 is 1.00 bits per heavy atom. The number of aliphatic hydroxyl groups excluding tert-OH is 2. The molecule has 14 nitrogen and oxygen atoms in total. The number of nitrogens with two attached hydrogens (primary N) is 3. The zero-order valence-corrected chi connectivity index (χ0v) is 16.9. The first-order chi connectivity index (χ1) is 13.9. The lowest BCUT2D eigenvalue weighted by atomic mass is 10.1. The number of aliphatic carboxylic acids is 1. The number of carboxylic acid groups (broad SMARTS) is 1. The van der Waals surface area contributed by atoms with Crippen molar-refractivity contribution in [1.29, 1.82) is 0 Å². The average molecular weight is 433 g/mol. The molecule has 0 aromatic heterocycles. The van der Waals surface area contributed by atoms with Crippen molar-refractivity contribution in [2.45, 2.75) is 57.0 Å². The van der Waals surface area contributed by atoms with Gasteiger partial charge in [-0.15, -0.1) is 0 Å². The molecule has 3 amide bonds. The standard InChI is InChI=1S/C16H31N7O7/c1-7(15(29)30)21-14(28)11(8(2)25)23-13(27)10(4-3-5-20-16(18)19)22-12(26)9(17)6-24/h7-11,24-25H,3-6,17H2,1-2H3,(H,21,28)(H,22,26)(H,23,27)(H,29,30)(H4,18,19,20). The van der Waals surface area contributed by atoms with Crippen LogP contribution < -0.4 is 33.2 Å². The molecule has 0 fully saturated rings. The fourth-order valence-electron chi connectivity index (χ4n) is 2.16. The summed E-state index contributed by atoms with van der Waals surface area (Å²) in [6, 6.07) is -5.20. The first-order valence-electron chi connectivity index (χ1n) is 9.14. The summed E-state index contributed by atoms with van der Waals surface area (Å²) in [7, 11) is 0. The summed E-state index contributed by atoms with van der Waals surface area (Å²) in [6.07, 6.45) is -1.05. The SMILES string of the molecule is CC(NC(=O)C(NC(=O)C(CCCN=C(N)N)NC(=O)C(N)CO)C(C)O)C(=O)O. The van der Waals surface area contributed by atoms with Gasteiger partial charge in [0.1, 0.15) is 24.2 Å². The van der Waals surface area contributed by atoms with Gasteiger partial charge in [0.25, 0.3) is 0 Å². The van der Waals surface area contributed by atoms with E-state index in [1.54, 1.807) is 0 Å². The minimum atomic E-state index is -1.48. The van der Waals surface area contributed by atoms with E-state index in [4.69, 9.17) is 27.4 Å². The fraction of sp³-hybridized carbons (Fsp3) is 0.688. The van der Waals surface area contributed by atoms with Crippen molar-refractivity contribution in [3.05, 3.63) is 0 Å². The second-order valence-electron chi connectivity index (χ2n) is 6.59. The van der Waals surface area contributed by atoms with E-state index >= 15 is 0 Å². The maximum atomic E-state index is 12.6. The number of carbonyl (C=O) groups is 4. The molecule has 0 bridgehead atoms. The highest BCUT2D eigenvalue weighted by molar-refractivity contribution is 5.94. The van der Waals surface area contributed by atoms with Crippen LogP contribution in [-0.4, -0.2) is 88.4 Å². The molecule has 0 aromatic carbocycles. The van der Waals surface area contributed by atoms with Crippen LogP contribution in [0.3, 0.4) is 0 Å². The highest BCUT2D eigenvalue weighted by Crippen LogP contribution is 2.03. The molecule has 12 N–H and O–H groups in total. The third-order valence-electron chi connectivity index (χ3n) is 3.90. The van der Waals surface area contributed by atoms with Gasteiger partial charge in [-0.3, -0.25) is 24.2 Å². The number of carbonyl (C=O) groups excluding carboxylic acids is 3. The number of carboxylic acids is 1. The summed E-state index contributed by atoms with van der Waals surface area (Å²) in [5, 5.41) is 34.5. The van der Waals surface area contributed by atoms with Crippen molar-refractivity contribution in [3.63, 3.8) is 0 Å². The molecule has 0 spiro atoms. The lowest BCUT2D eigenvalue weighted by molar-refractivity contribution is -0.142. The van der Waals surface area contributed by atoms with Crippen molar-refractivity contribution in [3.8, 4) is 0 Å². The number of guanidine groups is 1. The number of aliphatic hydroxyl groups is 2. The van der Waals surface area contributed by atoms with E-state index in [9.17, 15) is 24.3 Å². The highest BCUT2D eigenvalue weighted by Gasteiger charge is 2.31. The molecule has 0 aliphatic heterocycles. The summed E-state index contributed by atoms with van der Waals surface area (Å²) in [6.45, 7) is 1.94. The third kappa shape index (κ3) is 9.99. The highest BCUT2D eigenvalue weighted by atomic mass is 16.4. The van der Waals surface area contributed by atoms with E-state index in [1.807, 2.05) is 0 Å². The number of hydrogen-bond acceptors (Lipinski definition) is 8. The van der Waals surface area contributed by atoms with Crippen molar-refractivity contribution in [2.75, 3.05) is 13.2 Å². The molecule has 0 radical (unpaired) electrons. The summed E-state index contributed by atoms with van der Waals surface area (Å²) in [5.41, 5.74) is 15.9. The van der Waals surface area contributed by atoms with Gasteiger partial charge in [-0.25, -0.2) is 0 Å². The molecule has 0 aliphatic rings. The topological polar surface area (TPSA) is 255 Å². The van der Waals surface area contributed by atoms with E-state index in [2.05, 4.69) is 20.9 Å². The maximum Gasteiger partial charge on any atom is 0.325 e. The van der Waals surface area contributed by atoms with Crippen molar-refractivity contribution in [1.82, 2.24) is 16.0 Å². The first kappa shape index (κ1) is 27.0. The Morgan fingerprint density at radius 2 is 1.60 bits per heavy atom. The van der Waals surface area contributed by atoms with E-state index in [1.165, 1.54) is 13.8 Å². The quantitative estimate of drug-likeness (QED) is 0.0761. The van der Waals surface area contributed by atoms with Gasteiger partial charge in [0.05, 0.1) is 12.7 Å². The Kier molecular flexibility index (Phi) is 12.0. The van der Waals surface area contributed by atoms with E-state index in [0.717, 1.165) is 0 Å². The molecule has 0 heterocycles. The Bertz CT molecular complexity index is 637. The summed E-state index contributed by atoms with van der Waals surface area (Å²) < 4.78 is 0. The number of nitrogens with zero attached hydrogens (tertiary/aromatic N) is 1. The molecule has 0 rings (SSSR count). The van der Waals surface area contributed by atoms with Crippen LogP contribution in [0.15, 0.2) is 4.99 Å². The first-order valence-corrected chi connectivity index (χ1v) is 9.14. The molecule has 30 heavy (non-hydrogen) atoms. The van der Waals surface area contributed by atoms with Crippen LogP contribution in [0.5, 0.6) is 0 Å². The van der Waals surface area contributed by atoms with Gasteiger partial charge in [0.15, 0.2) is 5.96 Å². The Hall–Kier alpha value is -2.97. The maximum absolute atomic E-state index is 12.6. The van der Waals surface area contributed by atoms with Crippen LogP contribution in [0.25, 0.3) is 0 Å². The van der Waals surface area contributed by atoms with Gasteiger partial charge in [-0.2, -0.15) is 0 Å². The van der Waals surface area contributed by atoms with Gasteiger partial charge in [-0.1, -0.05) is 0 Å². The van der Waals surface area contributed by atoms with Gasteiger partial charge in [0, 0.05) is 6.54 Å². The van der Waals surface area contributed by atoms with Crippen LogP contribution >= 0.6 is 0 Å². The van der Waals surface area contributed by atoms with Gasteiger partial charge in [0.2, 0.25) is 17.7 Å². The second kappa shape index (κ2) is 13.3. The van der Waals surface area contributed by atoms with E-state index < -0.39 is 60.6 Å². The Balaban J connectivity index is 5.29. The average Bonchev–Trinajstić information content (AvgIpc) is 2.66. The molecular weight excluding hydrogens is 402 g/mol. The van der Waals surface area contributed by atoms with Crippen molar-refractivity contribution < 1.29 is 34.5 Å². The molecule has 5 atom stereocenters. The van der Waals surface area contributed by atoms with Gasteiger partial charge < -0.3 is 48.5 Å². The monoisotopic (exact) mass is 433 g/mol. The normalized spacial score (nSPS) is 15.6. The number of nitrogens with one attached hydrogen (secondary N) is 3. The molecule has 0 saturated heterocycles. The Labute approximate surface area is 173 Å². The summed E-state index contributed by atoms with van der Waals surface area (Å²) >= 11 is 0. The minimum absolute atomic E-state index is 0.0478. The van der Waals surface area contributed by atoms with Crippen LogP contribution in [0, 0.1) is 0 Å². The molecule has 0 aliphatic carbocycles. The number of amides is 3. The zero-order chi connectivity index (χ0) is 23.4. The zero-order valence-electron chi connectivity index (χ0n) is 16.9. The molecule has 5 unspecified atom stereocenters. The number of hydrogen-bond donors (Lipinski definition) is 9. The lowest BCUT2D eigenvalue weighted by Crippen LogP contribution is -2.59. The third-order valence-corrected chi connectivity index (χ3v) is 3.90. The van der Waals surface area contributed by atoms with Crippen molar-refractivity contribution >= 4 is 29.7 Å². The molecule has 0 saturated carbocycles. The lowest BCUT2D eigenvalue weighted by Gasteiger charge is -2.25. The number of rotatable bonds is 13. The minimum Gasteiger partial charge on any atom is -0.480 e. The van der Waals surface area contributed by atoms with Crippen LogP contribution in [-0.2, 0) is 19.2 Å². The van der Waals surface area contributed by atoms with Gasteiger partial charge >= 0.3 is 5.97 Å². The predicted octanol–water partition coefficient (Wildman–Crippen LogP) is -4.70. The van der Waals surface area contributed by atoms with Crippen molar-refractivity contribution in [2.24, 2.45) is 22.2 Å². The van der Waals surface area contributed by atoms with E-state index in [0.29, 0.717) is 0 Å². The predicted molar refractivity (Wildman–Crippen MR) is 106 cm³/mol. The van der Waals surface area contributed by atoms with E-state index in [-0.39, 0.29) is 25.3 Å². The second-order valence-corrected chi connectivity index (χ2v) is 6.59. The Morgan fingerprint density at radius 3 is 2.07 bits per heavy atom. The molecule has 0 aromatic rings. The smallest absolute Gasteiger partial charge is 0.325 e. The molecule has 172 valence electrons. The number of aliphatic imine (C=N–C) groups is 1. The van der Waals surface area contributed by atoms with Crippen LogP contribution in [0.4, 0.5) is 0 Å².